The summed E-state index contributed by atoms with van der Waals surface area (Å²) in [6, 6.07) is -1.24. The van der Waals surface area contributed by atoms with Crippen molar-refractivity contribution in [2.45, 2.75) is 44.1 Å². The molecular formula is C9H11F8NO2. The Bertz CT molecular complexity index is 358. The number of amides is 1. The van der Waals surface area contributed by atoms with Crippen LogP contribution in [0.15, 0.2) is 0 Å². The molecule has 0 aliphatic carbocycles. The van der Waals surface area contributed by atoms with Crippen molar-refractivity contribution in [2.75, 3.05) is 6.54 Å². The van der Waals surface area contributed by atoms with Crippen LogP contribution in [0.1, 0.15) is 13.8 Å². The highest BCUT2D eigenvalue weighted by molar-refractivity contribution is 5.65. The molecule has 0 radical (unpaired) electrons. The number of alkyl halides is 8. The van der Waals surface area contributed by atoms with Crippen LogP contribution in [0.2, 0.25) is 0 Å². The second-order valence-electron chi connectivity index (χ2n) is 4.21. The molecule has 0 fully saturated rings. The molecular weight excluding hydrogens is 306 g/mol. The molecule has 1 amide bonds. The second-order valence-corrected chi connectivity index (χ2v) is 4.21. The topological polar surface area (TPSA) is 40.5 Å². The zero-order valence-electron chi connectivity index (χ0n) is 10.2. The van der Waals surface area contributed by atoms with E-state index in [2.05, 4.69) is 0 Å². The van der Waals surface area contributed by atoms with Crippen LogP contribution in [0.25, 0.3) is 0 Å². The van der Waals surface area contributed by atoms with Crippen LogP contribution in [0.3, 0.4) is 0 Å². The van der Waals surface area contributed by atoms with Crippen molar-refractivity contribution in [3.05, 3.63) is 0 Å². The predicted octanol–water partition coefficient (Wildman–Crippen LogP) is 3.55. The number of hydrogen-bond donors (Lipinski definition) is 1. The SMILES string of the molecule is CC(C)N(CC(F)(F)C(F)(F)C(F)(F)C(F)F)C(=O)O. The van der Waals surface area contributed by atoms with Crippen LogP contribution >= 0.6 is 0 Å². The fourth-order valence-corrected chi connectivity index (χ4v) is 1.17. The van der Waals surface area contributed by atoms with Crippen LogP contribution in [-0.4, -0.2) is 52.9 Å². The molecule has 0 aromatic heterocycles. The lowest BCUT2D eigenvalue weighted by atomic mass is 10.0. The van der Waals surface area contributed by atoms with E-state index in [0.29, 0.717) is 0 Å². The molecule has 120 valence electrons. The molecule has 0 spiro atoms. The van der Waals surface area contributed by atoms with E-state index >= 15 is 0 Å². The van der Waals surface area contributed by atoms with Gasteiger partial charge in [-0.15, -0.1) is 0 Å². The normalized spacial score (nSPS) is 14.0. The van der Waals surface area contributed by atoms with Crippen LogP contribution in [0.5, 0.6) is 0 Å². The molecule has 0 saturated heterocycles. The molecule has 3 nitrogen and oxygen atoms in total. The quantitative estimate of drug-likeness (QED) is 0.761. The zero-order chi connectivity index (χ0) is 16.5. The van der Waals surface area contributed by atoms with Crippen LogP contribution in [-0.2, 0) is 0 Å². The predicted molar refractivity (Wildman–Crippen MR) is 50.7 cm³/mol. The Kier molecular flexibility index (Phi) is 5.24. The number of hydrogen-bond acceptors (Lipinski definition) is 1. The maximum absolute atomic E-state index is 13.2. The molecule has 0 aliphatic rings. The van der Waals surface area contributed by atoms with E-state index < -0.39 is 42.9 Å². The van der Waals surface area contributed by atoms with E-state index in [1.807, 2.05) is 0 Å². The molecule has 0 rings (SSSR count). The Morgan fingerprint density at radius 2 is 1.50 bits per heavy atom. The zero-order valence-corrected chi connectivity index (χ0v) is 10.2. The molecule has 0 aromatic carbocycles. The highest BCUT2D eigenvalue weighted by Crippen LogP contribution is 2.48. The third kappa shape index (κ3) is 3.23. The Hall–Kier alpha value is -1.29. The molecule has 0 aliphatic heterocycles. The van der Waals surface area contributed by atoms with E-state index in [4.69, 9.17) is 5.11 Å². The van der Waals surface area contributed by atoms with Gasteiger partial charge in [-0.1, -0.05) is 0 Å². The average molecular weight is 317 g/mol. The van der Waals surface area contributed by atoms with Crippen molar-refractivity contribution >= 4 is 6.09 Å². The Balaban J connectivity index is 5.46. The van der Waals surface area contributed by atoms with Crippen molar-refractivity contribution in [1.29, 1.82) is 0 Å². The summed E-state index contributed by atoms with van der Waals surface area (Å²) < 4.78 is 101. The van der Waals surface area contributed by atoms with Crippen molar-refractivity contribution in [1.82, 2.24) is 4.90 Å². The van der Waals surface area contributed by atoms with Gasteiger partial charge in [-0.05, 0) is 13.8 Å². The molecule has 0 saturated carbocycles. The van der Waals surface area contributed by atoms with Crippen LogP contribution < -0.4 is 0 Å². The van der Waals surface area contributed by atoms with Gasteiger partial charge in [0.1, 0.15) is 0 Å². The van der Waals surface area contributed by atoms with E-state index in [1.54, 1.807) is 0 Å². The number of carbonyl (C=O) groups is 1. The molecule has 0 heterocycles. The first-order valence-corrected chi connectivity index (χ1v) is 5.09. The average Bonchev–Trinajstić information content (AvgIpc) is 2.24. The number of halogens is 8. The molecule has 0 aromatic rings. The van der Waals surface area contributed by atoms with E-state index in [0.717, 1.165) is 13.8 Å². The number of nitrogens with zero attached hydrogens (tertiary/aromatic N) is 1. The van der Waals surface area contributed by atoms with Gasteiger partial charge in [-0.25, -0.2) is 13.6 Å². The van der Waals surface area contributed by atoms with Gasteiger partial charge >= 0.3 is 30.3 Å². The van der Waals surface area contributed by atoms with E-state index in [1.165, 1.54) is 0 Å². The summed E-state index contributed by atoms with van der Waals surface area (Å²) in [5.41, 5.74) is 0. The molecule has 0 atom stereocenters. The summed E-state index contributed by atoms with van der Waals surface area (Å²) in [5, 5.41) is 8.50. The number of carboxylic acid groups (broad SMARTS) is 1. The first-order valence-electron chi connectivity index (χ1n) is 5.09. The van der Waals surface area contributed by atoms with Crippen molar-refractivity contribution < 1.29 is 45.0 Å². The highest BCUT2D eigenvalue weighted by Gasteiger charge is 2.75. The summed E-state index contributed by atoms with van der Waals surface area (Å²) in [7, 11) is 0. The van der Waals surface area contributed by atoms with Crippen LogP contribution in [0, 0.1) is 0 Å². The Morgan fingerprint density at radius 1 is 1.10 bits per heavy atom. The largest absolute Gasteiger partial charge is 0.465 e. The second kappa shape index (κ2) is 5.60. The first-order chi connectivity index (χ1) is 8.68. The molecule has 1 N–H and O–H groups in total. The third-order valence-electron chi connectivity index (χ3n) is 2.39. The maximum Gasteiger partial charge on any atom is 0.407 e. The lowest BCUT2D eigenvalue weighted by Gasteiger charge is -2.35. The van der Waals surface area contributed by atoms with Crippen LogP contribution in [0.4, 0.5) is 39.9 Å². The van der Waals surface area contributed by atoms with Crippen molar-refractivity contribution in [3.63, 3.8) is 0 Å². The lowest BCUT2D eigenvalue weighted by Crippen LogP contribution is -2.62. The van der Waals surface area contributed by atoms with Gasteiger partial charge in [0, 0.05) is 6.04 Å². The highest BCUT2D eigenvalue weighted by atomic mass is 19.4. The summed E-state index contributed by atoms with van der Waals surface area (Å²) >= 11 is 0. The van der Waals surface area contributed by atoms with Gasteiger partial charge in [-0.3, -0.25) is 4.90 Å². The van der Waals surface area contributed by atoms with Crippen molar-refractivity contribution in [3.8, 4) is 0 Å². The standard InChI is InChI=1S/C9H11F8NO2/c1-4(2)18(6(19)20)3-7(12,13)9(16,17)8(14,15)5(10)11/h4-5H,3H2,1-2H3,(H,19,20). The summed E-state index contributed by atoms with van der Waals surface area (Å²) in [6.45, 7) is -0.295. The minimum absolute atomic E-state index is 0.255. The van der Waals surface area contributed by atoms with Gasteiger partial charge in [-0.2, -0.15) is 26.3 Å². The van der Waals surface area contributed by atoms with E-state index in [-0.39, 0.29) is 4.90 Å². The lowest BCUT2D eigenvalue weighted by molar-refractivity contribution is -0.339. The van der Waals surface area contributed by atoms with Gasteiger partial charge in [0.2, 0.25) is 0 Å². The van der Waals surface area contributed by atoms with Gasteiger partial charge < -0.3 is 5.11 Å². The minimum atomic E-state index is -6.41. The molecule has 11 heteroatoms. The van der Waals surface area contributed by atoms with Crippen molar-refractivity contribution in [2.24, 2.45) is 0 Å². The summed E-state index contributed by atoms with van der Waals surface area (Å²) in [5.74, 6) is -18.4. The fraction of sp³-hybridized carbons (Fsp3) is 0.889. The summed E-state index contributed by atoms with van der Waals surface area (Å²) in [4.78, 5) is 10.3. The molecule has 20 heavy (non-hydrogen) atoms. The van der Waals surface area contributed by atoms with Gasteiger partial charge in [0.25, 0.3) is 0 Å². The molecule has 0 bridgehead atoms. The maximum atomic E-state index is 13.2. The minimum Gasteiger partial charge on any atom is -0.465 e. The summed E-state index contributed by atoms with van der Waals surface area (Å²) in [6.07, 6.45) is -7.10. The van der Waals surface area contributed by atoms with Gasteiger partial charge in [0.05, 0.1) is 6.54 Å². The molecule has 0 unspecified atom stereocenters. The fourth-order valence-electron chi connectivity index (χ4n) is 1.17. The third-order valence-corrected chi connectivity index (χ3v) is 2.39. The first kappa shape index (κ1) is 18.7. The Labute approximate surface area is 108 Å². The van der Waals surface area contributed by atoms with Gasteiger partial charge in [0.15, 0.2) is 0 Å². The number of rotatable bonds is 6. The Morgan fingerprint density at radius 3 is 1.75 bits per heavy atom. The monoisotopic (exact) mass is 317 g/mol. The smallest absolute Gasteiger partial charge is 0.407 e. The van der Waals surface area contributed by atoms with E-state index in [9.17, 15) is 39.9 Å².